The summed E-state index contributed by atoms with van der Waals surface area (Å²) in [5, 5.41) is 13.7. The van der Waals surface area contributed by atoms with E-state index < -0.39 is 0 Å². The molecule has 0 radical (unpaired) electrons. The van der Waals surface area contributed by atoms with Gasteiger partial charge in [-0.05, 0) is 30.3 Å². The highest BCUT2D eigenvalue weighted by Gasteiger charge is 2.13. The maximum atomic E-state index is 5.63. The van der Waals surface area contributed by atoms with Crippen molar-refractivity contribution in [2.45, 2.75) is 0 Å². The Kier molecular flexibility index (Phi) is 3.39. The summed E-state index contributed by atoms with van der Waals surface area (Å²) in [4.78, 5) is 0. The van der Waals surface area contributed by atoms with Crippen LogP contribution in [0.15, 0.2) is 77.2 Å². The molecule has 0 atom stereocenters. The van der Waals surface area contributed by atoms with Gasteiger partial charge in [0, 0.05) is 41.8 Å². The van der Waals surface area contributed by atoms with Crippen LogP contribution < -0.4 is 0 Å². The second-order valence-electron chi connectivity index (χ2n) is 5.44. The topological polar surface area (TPSA) is 48.8 Å². The van der Waals surface area contributed by atoms with Crippen LogP contribution in [0.2, 0.25) is 0 Å². The lowest BCUT2D eigenvalue weighted by atomic mass is 10.3. The maximum absolute atomic E-state index is 5.63. The second kappa shape index (κ2) is 5.87. The van der Waals surface area contributed by atoms with Crippen LogP contribution in [0, 0.1) is 0 Å². The van der Waals surface area contributed by atoms with Gasteiger partial charge in [-0.25, -0.2) is 0 Å². The highest BCUT2D eigenvalue weighted by Crippen LogP contribution is 2.34. The third-order valence-electron chi connectivity index (χ3n) is 3.81. The van der Waals surface area contributed by atoms with Crippen molar-refractivity contribution in [1.82, 2.24) is 19.3 Å². The number of hydrogen-bond donors (Lipinski definition) is 0. The molecule has 5 nitrogen and oxygen atoms in total. The number of nitrogens with zero attached hydrogens (tertiary/aromatic N) is 4. The normalized spacial score (nSPS) is 11.2. The molecule has 0 aliphatic rings. The van der Waals surface area contributed by atoms with Gasteiger partial charge in [0.1, 0.15) is 11.3 Å². The molecule has 0 saturated heterocycles. The van der Waals surface area contributed by atoms with E-state index in [0.29, 0.717) is 0 Å². The van der Waals surface area contributed by atoms with E-state index in [2.05, 4.69) is 26.2 Å². The summed E-state index contributed by atoms with van der Waals surface area (Å²) in [6.07, 6.45) is 9.69. The van der Waals surface area contributed by atoms with E-state index in [1.807, 2.05) is 59.7 Å². The Labute approximate surface area is 151 Å². The van der Waals surface area contributed by atoms with Gasteiger partial charge in [-0.2, -0.15) is 0 Å². The first-order valence-corrected chi connectivity index (χ1v) is 9.34. The monoisotopic (exact) mass is 364 g/mol. The van der Waals surface area contributed by atoms with Crippen LogP contribution in [0.3, 0.4) is 0 Å². The zero-order chi connectivity index (χ0) is 16.6. The Balaban J connectivity index is 1.44. The Morgan fingerprint density at radius 2 is 1.48 bits per heavy atom. The average molecular weight is 364 g/mol. The van der Waals surface area contributed by atoms with Crippen LogP contribution in [0.25, 0.3) is 32.0 Å². The van der Waals surface area contributed by atoms with Gasteiger partial charge in [0.25, 0.3) is 0 Å². The van der Waals surface area contributed by atoms with Crippen LogP contribution in [-0.2, 0) is 0 Å². The Morgan fingerprint density at radius 1 is 0.800 bits per heavy atom. The predicted octanol–water partition coefficient (Wildman–Crippen LogP) is 5.11. The van der Waals surface area contributed by atoms with Crippen molar-refractivity contribution >= 4 is 22.7 Å². The fraction of sp³-hybridized carbons (Fsp3) is 0. The third-order valence-corrected chi connectivity index (χ3v) is 5.77. The van der Waals surface area contributed by atoms with Gasteiger partial charge < -0.3 is 8.98 Å². The number of furan rings is 1. The summed E-state index contributed by atoms with van der Waals surface area (Å²) in [6, 6.07) is 12.1. The summed E-state index contributed by atoms with van der Waals surface area (Å²) in [5.41, 5.74) is 2.03. The quantitative estimate of drug-likeness (QED) is 0.445. The molecular weight excluding hydrogens is 352 g/mol. The molecule has 0 bridgehead atoms. The predicted molar refractivity (Wildman–Crippen MR) is 99.6 cm³/mol. The van der Waals surface area contributed by atoms with Gasteiger partial charge >= 0.3 is 0 Å². The molecule has 5 aromatic rings. The zero-order valence-electron chi connectivity index (χ0n) is 12.9. The van der Waals surface area contributed by atoms with E-state index in [0.717, 1.165) is 32.0 Å². The van der Waals surface area contributed by atoms with Crippen molar-refractivity contribution in [2.24, 2.45) is 0 Å². The first kappa shape index (κ1) is 14.4. The molecule has 0 spiro atoms. The van der Waals surface area contributed by atoms with E-state index >= 15 is 0 Å². The molecule has 0 unspecified atom stereocenters. The highest BCUT2D eigenvalue weighted by molar-refractivity contribution is 7.18. The summed E-state index contributed by atoms with van der Waals surface area (Å²) in [5.74, 6) is 0.766. The van der Waals surface area contributed by atoms with Crippen LogP contribution in [0.1, 0.15) is 0 Å². The van der Waals surface area contributed by atoms with Crippen molar-refractivity contribution in [3.8, 4) is 32.0 Å². The molecule has 0 fully saturated rings. The van der Waals surface area contributed by atoms with Crippen molar-refractivity contribution in [2.75, 3.05) is 0 Å². The smallest absolute Gasteiger partial charge is 0.203 e. The van der Waals surface area contributed by atoms with E-state index in [-0.39, 0.29) is 0 Å². The van der Waals surface area contributed by atoms with Crippen molar-refractivity contribution in [1.29, 1.82) is 0 Å². The van der Waals surface area contributed by atoms with E-state index in [1.54, 1.807) is 28.9 Å². The standard InChI is InChI=1S/C18H12N4OS2/c1-2-6-21(5-1)15-9-13(11-23-15)17-19-20-18(25-17)14-10-16(24-12-14)22-7-3-4-8-22/h1-12H. The van der Waals surface area contributed by atoms with E-state index in [9.17, 15) is 0 Å². The maximum Gasteiger partial charge on any atom is 0.203 e. The van der Waals surface area contributed by atoms with E-state index in [1.165, 1.54) is 0 Å². The van der Waals surface area contributed by atoms with Crippen molar-refractivity contribution < 1.29 is 4.42 Å². The molecule has 7 heteroatoms. The molecule has 0 saturated carbocycles. The summed E-state index contributed by atoms with van der Waals surface area (Å²) in [7, 11) is 0. The molecule has 5 heterocycles. The molecular formula is C18H12N4OS2. The molecule has 0 amide bonds. The Hall–Kier alpha value is -2.90. The number of aromatic nitrogens is 4. The fourth-order valence-corrected chi connectivity index (χ4v) is 4.31. The summed E-state index contributed by atoms with van der Waals surface area (Å²) < 4.78 is 9.65. The van der Waals surface area contributed by atoms with Gasteiger partial charge in [-0.1, -0.05) is 11.3 Å². The Bertz CT molecular complexity index is 1010. The first-order valence-electron chi connectivity index (χ1n) is 7.65. The van der Waals surface area contributed by atoms with Gasteiger partial charge in [-0.15, -0.1) is 21.5 Å². The minimum absolute atomic E-state index is 0.766. The molecule has 0 aliphatic carbocycles. The molecule has 5 aromatic heterocycles. The molecule has 0 N–H and O–H groups in total. The average Bonchev–Trinajstić information content (AvgIpc) is 3.48. The highest BCUT2D eigenvalue weighted by atomic mass is 32.1. The van der Waals surface area contributed by atoms with Gasteiger partial charge in [0.15, 0.2) is 5.01 Å². The third kappa shape index (κ3) is 2.63. The van der Waals surface area contributed by atoms with Crippen LogP contribution in [0.4, 0.5) is 0 Å². The molecule has 0 aromatic carbocycles. The van der Waals surface area contributed by atoms with Gasteiger partial charge in [-0.3, -0.25) is 4.57 Å². The van der Waals surface area contributed by atoms with Gasteiger partial charge in [0.2, 0.25) is 5.88 Å². The summed E-state index contributed by atoms with van der Waals surface area (Å²) >= 11 is 3.26. The Morgan fingerprint density at radius 3 is 2.24 bits per heavy atom. The zero-order valence-corrected chi connectivity index (χ0v) is 14.6. The largest absolute Gasteiger partial charge is 0.447 e. The van der Waals surface area contributed by atoms with Gasteiger partial charge in [0.05, 0.1) is 10.6 Å². The molecule has 122 valence electrons. The lowest BCUT2D eigenvalue weighted by Crippen LogP contribution is -1.84. The van der Waals surface area contributed by atoms with Crippen LogP contribution in [-0.4, -0.2) is 19.3 Å². The minimum atomic E-state index is 0.766. The number of thiophene rings is 1. The molecule has 5 rings (SSSR count). The minimum Gasteiger partial charge on any atom is -0.447 e. The van der Waals surface area contributed by atoms with E-state index in [4.69, 9.17) is 4.42 Å². The fourth-order valence-electron chi connectivity index (χ4n) is 2.56. The SMILES string of the molecule is c1ccn(-c2cc(-c3nnc(-c4csc(-n5cccc5)c4)s3)co2)c1. The second-order valence-corrected chi connectivity index (χ2v) is 7.31. The number of hydrogen-bond acceptors (Lipinski definition) is 5. The lowest BCUT2D eigenvalue weighted by molar-refractivity contribution is 0.540. The first-order chi connectivity index (χ1) is 12.4. The van der Waals surface area contributed by atoms with Crippen molar-refractivity contribution in [3.05, 3.63) is 72.8 Å². The number of rotatable bonds is 4. The molecule has 0 aliphatic heterocycles. The lowest BCUT2D eigenvalue weighted by Gasteiger charge is -1.94. The van der Waals surface area contributed by atoms with Crippen LogP contribution >= 0.6 is 22.7 Å². The molecule has 25 heavy (non-hydrogen) atoms. The van der Waals surface area contributed by atoms with Crippen molar-refractivity contribution in [3.63, 3.8) is 0 Å². The van der Waals surface area contributed by atoms with Crippen LogP contribution in [0.5, 0.6) is 0 Å². The summed E-state index contributed by atoms with van der Waals surface area (Å²) in [6.45, 7) is 0.